The average Bonchev–Trinajstić information content (AvgIpc) is 1.84. The van der Waals surface area contributed by atoms with E-state index in [1.54, 1.807) is 0 Å². The zero-order valence-electron chi connectivity index (χ0n) is 9.22. The molecule has 0 aromatic carbocycles. The van der Waals surface area contributed by atoms with Crippen LogP contribution in [0.1, 0.15) is 34.6 Å². The summed E-state index contributed by atoms with van der Waals surface area (Å²) in [6, 6.07) is 0.864. The Morgan fingerprint density at radius 2 is 1.46 bits per heavy atom. The first-order valence-electron chi connectivity index (χ1n) is 4.63. The van der Waals surface area contributed by atoms with Gasteiger partial charge in [-0.2, -0.15) is 0 Å². The number of rotatable bonds is 3. The third-order valence-electron chi connectivity index (χ3n) is 1.17. The van der Waals surface area contributed by atoms with E-state index in [2.05, 4.69) is 43.3 Å². The van der Waals surface area contributed by atoms with Gasteiger partial charge in [-0.25, -0.2) is 0 Å². The Morgan fingerprint density at radius 3 is 1.69 bits per heavy atom. The molecule has 0 heterocycles. The lowest BCUT2D eigenvalue weighted by atomic mass is 10.4. The Morgan fingerprint density at radius 1 is 1.08 bits per heavy atom. The number of nitrogens with zero attached hydrogens (tertiary/aromatic N) is 1. The van der Waals surface area contributed by atoms with E-state index >= 15 is 0 Å². The van der Waals surface area contributed by atoms with Crippen LogP contribution in [0.15, 0.2) is 4.99 Å². The van der Waals surface area contributed by atoms with Gasteiger partial charge < -0.3 is 10.6 Å². The molecule has 0 atom stereocenters. The molecular formula is C9H22IN3. The number of guanidine groups is 1. The van der Waals surface area contributed by atoms with Gasteiger partial charge in [0.15, 0.2) is 5.96 Å². The van der Waals surface area contributed by atoms with Gasteiger partial charge in [0.25, 0.3) is 0 Å². The van der Waals surface area contributed by atoms with Gasteiger partial charge in [0.05, 0.1) is 0 Å². The topological polar surface area (TPSA) is 36.4 Å². The van der Waals surface area contributed by atoms with Crippen LogP contribution in [0.3, 0.4) is 0 Å². The maximum Gasteiger partial charge on any atom is 0.191 e. The molecule has 4 heteroatoms. The fraction of sp³-hybridized carbons (Fsp3) is 0.889. The third-order valence-corrected chi connectivity index (χ3v) is 1.17. The number of hydrogen-bond donors (Lipinski definition) is 2. The molecule has 0 saturated carbocycles. The van der Waals surface area contributed by atoms with Gasteiger partial charge in [-0.3, -0.25) is 4.99 Å². The van der Waals surface area contributed by atoms with Crippen molar-refractivity contribution in [1.29, 1.82) is 0 Å². The van der Waals surface area contributed by atoms with Crippen molar-refractivity contribution >= 4 is 29.9 Å². The summed E-state index contributed by atoms with van der Waals surface area (Å²) in [4.78, 5) is 4.30. The predicted molar refractivity (Wildman–Crippen MR) is 69.9 cm³/mol. The second-order valence-corrected chi connectivity index (χ2v) is 3.42. The molecule has 80 valence electrons. The van der Waals surface area contributed by atoms with Crippen LogP contribution >= 0.6 is 24.0 Å². The highest BCUT2D eigenvalue weighted by atomic mass is 127. The monoisotopic (exact) mass is 299 g/mol. The molecule has 0 unspecified atom stereocenters. The molecule has 0 aliphatic heterocycles. The van der Waals surface area contributed by atoms with Crippen LogP contribution < -0.4 is 10.6 Å². The quantitative estimate of drug-likeness (QED) is 0.475. The molecule has 0 aromatic rings. The van der Waals surface area contributed by atoms with E-state index in [4.69, 9.17) is 0 Å². The first kappa shape index (κ1) is 15.5. The van der Waals surface area contributed by atoms with Crippen molar-refractivity contribution in [2.45, 2.75) is 46.7 Å². The molecule has 0 rings (SSSR count). The van der Waals surface area contributed by atoms with Crippen molar-refractivity contribution < 1.29 is 0 Å². The molecule has 0 fully saturated rings. The normalized spacial score (nSPS) is 9.46. The fourth-order valence-corrected chi connectivity index (χ4v) is 0.838. The first-order valence-corrected chi connectivity index (χ1v) is 4.63. The Balaban J connectivity index is 0. The zero-order chi connectivity index (χ0) is 9.56. The highest BCUT2D eigenvalue weighted by Gasteiger charge is 2.00. The summed E-state index contributed by atoms with van der Waals surface area (Å²) in [6.07, 6.45) is 0. The van der Waals surface area contributed by atoms with E-state index in [1.807, 2.05) is 6.92 Å². The summed E-state index contributed by atoms with van der Waals surface area (Å²) in [5.74, 6) is 0.905. The lowest BCUT2D eigenvalue weighted by Gasteiger charge is -2.16. The molecule has 0 bridgehead atoms. The smallest absolute Gasteiger partial charge is 0.191 e. The van der Waals surface area contributed by atoms with Crippen molar-refractivity contribution in [2.24, 2.45) is 4.99 Å². The third kappa shape index (κ3) is 9.92. The second-order valence-electron chi connectivity index (χ2n) is 3.42. The van der Waals surface area contributed by atoms with Gasteiger partial charge in [-0.15, -0.1) is 24.0 Å². The molecule has 0 radical (unpaired) electrons. The van der Waals surface area contributed by atoms with Crippen LogP contribution in [0.25, 0.3) is 0 Å². The highest BCUT2D eigenvalue weighted by molar-refractivity contribution is 14.0. The molecule has 0 saturated heterocycles. The van der Waals surface area contributed by atoms with Crippen molar-refractivity contribution in [3.8, 4) is 0 Å². The van der Waals surface area contributed by atoms with Crippen LogP contribution in [0.4, 0.5) is 0 Å². The van der Waals surface area contributed by atoms with Crippen molar-refractivity contribution in [2.75, 3.05) is 6.54 Å². The number of aliphatic imine (C=N–C) groups is 1. The second kappa shape index (κ2) is 8.59. The maximum atomic E-state index is 4.30. The van der Waals surface area contributed by atoms with Gasteiger partial charge in [-0.05, 0) is 34.6 Å². The number of hydrogen-bond acceptors (Lipinski definition) is 1. The van der Waals surface area contributed by atoms with Gasteiger partial charge in [-0.1, -0.05) is 0 Å². The number of nitrogens with one attached hydrogen (secondary N) is 2. The van der Waals surface area contributed by atoms with Gasteiger partial charge in [0.1, 0.15) is 0 Å². The molecule has 0 amide bonds. The summed E-state index contributed by atoms with van der Waals surface area (Å²) < 4.78 is 0. The van der Waals surface area contributed by atoms with Crippen molar-refractivity contribution in [1.82, 2.24) is 10.6 Å². The summed E-state index contributed by atoms with van der Waals surface area (Å²) in [5, 5.41) is 6.50. The van der Waals surface area contributed by atoms with E-state index < -0.39 is 0 Å². The largest absolute Gasteiger partial charge is 0.354 e. The van der Waals surface area contributed by atoms with E-state index in [0.29, 0.717) is 12.1 Å². The standard InChI is InChI=1S/C9H21N3.HI/c1-6-10-9(11-7(2)3)12-8(4)5;/h7-8H,6H2,1-5H3,(H2,10,11,12);1H. The Bertz CT molecular complexity index is 132. The molecule has 0 aliphatic rings. The van der Waals surface area contributed by atoms with Gasteiger partial charge >= 0.3 is 0 Å². The first-order chi connectivity index (χ1) is 5.56. The highest BCUT2D eigenvalue weighted by Crippen LogP contribution is 1.82. The lowest BCUT2D eigenvalue weighted by Crippen LogP contribution is -2.44. The average molecular weight is 299 g/mol. The molecule has 0 aromatic heterocycles. The lowest BCUT2D eigenvalue weighted by molar-refractivity contribution is 0.657. The summed E-state index contributed by atoms with van der Waals surface area (Å²) >= 11 is 0. The van der Waals surface area contributed by atoms with Gasteiger partial charge in [0.2, 0.25) is 0 Å². The zero-order valence-corrected chi connectivity index (χ0v) is 11.5. The molecule has 2 N–H and O–H groups in total. The van der Waals surface area contributed by atoms with Crippen LogP contribution in [-0.4, -0.2) is 24.6 Å². The molecule has 0 spiro atoms. The minimum Gasteiger partial charge on any atom is -0.354 e. The minimum absolute atomic E-state index is 0. The summed E-state index contributed by atoms with van der Waals surface area (Å²) in [5.41, 5.74) is 0. The Kier molecular flexibility index (Phi) is 10.2. The van der Waals surface area contributed by atoms with Crippen LogP contribution in [0.5, 0.6) is 0 Å². The molecular weight excluding hydrogens is 277 g/mol. The molecule has 13 heavy (non-hydrogen) atoms. The fourth-order valence-electron chi connectivity index (χ4n) is 0.838. The number of halogens is 1. The Labute approximate surface area is 98.8 Å². The summed E-state index contributed by atoms with van der Waals surface area (Å²) in [6.45, 7) is 11.3. The van der Waals surface area contributed by atoms with Crippen molar-refractivity contribution in [3.63, 3.8) is 0 Å². The summed E-state index contributed by atoms with van der Waals surface area (Å²) in [7, 11) is 0. The van der Waals surface area contributed by atoms with E-state index in [0.717, 1.165) is 12.5 Å². The predicted octanol–water partition coefficient (Wildman–Crippen LogP) is 1.98. The SMILES string of the molecule is CCN=C(NC(C)C)NC(C)C.I. The van der Waals surface area contributed by atoms with Crippen LogP contribution in [-0.2, 0) is 0 Å². The Hall–Kier alpha value is 0. The van der Waals surface area contributed by atoms with E-state index in [9.17, 15) is 0 Å². The van der Waals surface area contributed by atoms with E-state index in [-0.39, 0.29) is 24.0 Å². The van der Waals surface area contributed by atoms with Crippen molar-refractivity contribution in [3.05, 3.63) is 0 Å². The van der Waals surface area contributed by atoms with Crippen LogP contribution in [0.2, 0.25) is 0 Å². The van der Waals surface area contributed by atoms with Crippen LogP contribution in [0, 0.1) is 0 Å². The minimum atomic E-state index is 0. The maximum absolute atomic E-state index is 4.30. The van der Waals surface area contributed by atoms with E-state index in [1.165, 1.54) is 0 Å². The molecule has 0 aliphatic carbocycles. The van der Waals surface area contributed by atoms with Gasteiger partial charge in [0, 0.05) is 18.6 Å². The molecule has 3 nitrogen and oxygen atoms in total.